The molecule has 0 aliphatic heterocycles. The molecule has 0 bridgehead atoms. The van der Waals surface area contributed by atoms with E-state index in [0.29, 0.717) is 17.9 Å². The molecule has 0 radical (unpaired) electrons. The van der Waals surface area contributed by atoms with Crippen LogP contribution >= 0.6 is 0 Å². The van der Waals surface area contributed by atoms with Crippen LogP contribution in [-0.2, 0) is 9.53 Å². The number of ether oxygens (including phenoxy) is 3. The maximum absolute atomic E-state index is 12.7. The molecule has 0 unspecified atom stereocenters. The molecule has 0 atom stereocenters. The first-order chi connectivity index (χ1) is 17.8. The number of nitrogens with one attached hydrogen (secondary N) is 1. The van der Waals surface area contributed by atoms with Crippen LogP contribution in [0.2, 0.25) is 0 Å². The van der Waals surface area contributed by atoms with Gasteiger partial charge in [-0.2, -0.15) is 0 Å². The van der Waals surface area contributed by atoms with Gasteiger partial charge in [0.15, 0.2) is 0 Å². The summed E-state index contributed by atoms with van der Waals surface area (Å²) in [6.07, 6.45) is 3.94. The molecule has 0 aromatic heterocycles. The second-order valence-corrected chi connectivity index (χ2v) is 8.40. The average Bonchev–Trinajstić information content (AvgIpc) is 2.91. The summed E-state index contributed by atoms with van der Waals surface area (Å²) in [7, 11) is 0. The van der Waals surface area contributed by atoms with E-state index >= 15 is 0 Å². The van der Waals surface area contributed by atoms with Crippen LogP contribution in [0, 0.1) is 5.41 Å². The zero-order chi connectivity index (χ0) is 26.8. The van der Waals surface area contributed by atoms with Crippen LogP contribution in [0.25, 0.3) is 11.1 Å². The Morgan fingerprint density at radius 1 is 0.838 bits per heavy atom. The van der Waals surface area contributed by atoms with Crippen LogP contribution in [0.5, 0.6) is 11.5 Å². The van der Waals surface area contributed by atoms with Gasteiger partial charge in [0.25, 0.3) is 0 Å². The minimum Gasteiger partial charge on any atom is -0.462 e. The van der Waals surface area contributed by atoms with Crippen molar-refractivity contribution in [2.45, 2.75) is 33.1 Å². The van der Waals surface area contributed by atoms with Gasteiger partial charge in [0.2, 0.25) is 0 Å². The molecule has 0 saturated carbocycles. The highest BCUT2D eigenvalue weighted by Crippen LogP contribution is 2.25. The van der Waals surface area contributed by atoms with E-state index in [1.54, 1.807) is 36.4 Å². The van der Waals surface area contributed by atoms with Crippen LogP contribution in [-0.4, -0.2) is 30.7 Å². The summed E-state index contributed by atoms with van der Waals surface area (Å²) in [5.41, 5.74) is 2.91. The van der Waals surface area contributed by atoms with E-state index in [4.69, 9.17) is 19.6 Å². The molecule has 7 heteroatoms. The molecule has 37 heavy (non-hydrogen) atoms. The number of esters is 3. The van der Waals surface area contributed by atoms with Gasteiger partial charge in [-0.25, -0.2) is 14.4 Å². The Labute approximate surface area is 216 Å². The Balaban J connectivity index is 1.64. The molecular formula is C30H29NO6. The van der Waals surface area contributed by atoms with Gasteiger partial charge < -0.3 is 19.6 Å². The fourth-order valence-electron chi connectivity index (χ4n) is 3.38. The maximum Gasteiger partial charge on any atom is 0.344 e. The lowest BCUT2D eigenvalue weighted by atomic mass is 10.0. The Bertz CT molecular complexity index is 1290. The monoisotopic (exact) mass is 499 g/mol. The summed E-state index contributed by atoms with van der Waals surface area (Å²) in [6.45, 7) is 7.56. The van der Waals surface area contributed by atoms with Crippen molar-refractivity contribution in [2.24, 2.45) is 0 Å². The van der Waals surface area contributed by atoms with Crippen molar-refractivity contribution in [3.63, 3.8) is 0 Å². The third kappa shape index (κ3) is 7.48. The minimum atomic E-state index is -0.647. The standard InChI is InChI=1S/C30H29NO6/c1-4-5-6-17-35-29(33)23-9-7-21(8-10-23)22-11-13-25(14-12-22)36-30(34)27-16-15-26(18-24(27)19-31)37-28(32)20(2)3/h7-16,18-19,31H,2,4-6,17H2,1,3H3. The predicted octanol–water partition coefficient (Wildman–Crippen LogP) is 6.40. The van der Waals surface area contributed by atoms with Crippen LogP contribution in [0.4, 0.5) is 0 Å². The number of carbonyl (C=O) groups excluding carboxylic acids is 3. The highest BCUT2D eigenvalue weighted by atomic mass is 16.5. The van der Waals surface area contributed by atoms with E-state index in [1.807, 2.05) is 12.1 Å². The Morgan fingerprint density at radius 2 is 1.46 bits per heavy atom. The molecule has 0 amide bonds. The van der Waals surface area contributed by atoms with E-state index in [1.165, 1.54) is 25.1 Å². The summed E-state index contributed by atoms with van der Waals surface area (Å²) < 4.78 is 15.9. The number of rotatable bonds is 11. The number of unbranched alkanes of at least 4 members (excludes halogenated alkanes) is 2. The molecule has 3 rings (SSSR count). The molecular weight excluding hydrogens is 470 g/mol. The molecule has 0 aliphatic carbocycles. The summed E-state index contributed by atoms with van der Waals surface area (Å²) in [6, 6.07) is 18.4. The van der Waals surface area contributed by atoms with Gasteiger partial charge in [0.05, 0.1) is 17.7 Å². The largest absolute Gasteiger partial charge is 0.462 e. The molecule has 190 valence electrons. The SMILES string of the molecule is C=C(C)C(=O)Oc1ccc(C(=O)Oc2ccc(-c3ccc(C(=O)OCCCCC)cc3)cc2)c(C=N)c1. The van der Waals surface area contributed by atoms with Gasteiger partial charge in [0, 0.05) is 17.4 Å². The van der Waals surface area contributed by atoms with Gasteiger partial charge in [-0.3, -0.25) is 0 Å². The van der Waals surface area contributed by atoms with Crippen molar-refractivity contribution >= 4 is 24.1 Å². The van der Waals surface area contributed by atoms with E-state index in [0.717, 1.165) is 36.6 Å². The molecule has 0 aliphatic rings. The third-order valence-corrected chi connectivity index (χ3v) is 5.46. The lowest BCUT2D eigenvalue weighted by Gasteiger charge is -2.10. The molecule has 3 aromatic carbocycles. The van der Waals surface area contributed by atoms with Crippen LogP contribution in [0.15, 0.2) is 78.9 Å². The molecule has 0 spiro atoms. The smallest absolute Gasteiger partial charge is 0.344 e. The van der Waals surface area contributed by atoms with Gasteiger partial charge >= 0.3 is 17.9 Å². The van der Waals surface area contributed by atoms with Gasteiger partial charge in [-0.1, -0.05) is 50.6 Å². The van der Waals surface area contributed by atoms with Gasteiger partial charge in [0.1, 0.15) is 11.5 Å². The molecule has 0 fully saturated rings. The number of carbonyl (C=O) groups is 3. The van der Waals surface area contributed by atoms with Crippen molar-refractivity contribution in [1.82, 2.24) is 0 Å². The molecule has 1 N–H and O–H groups in total. The van der Waals surface area contributed by atoms with Crippen molar-refractivity contribution in [1.29, 1.82) is 5.41 Å². The maximum atomic E-state index is 12.7. The number of hydrogen-bond acceptors (Lipinski definition) is 7. The third-order valence-electron chi connectivity index (χ3n) is 5.46. The van der Waals surface area contributed by atoms with E-state index in [-0.39, 0.29) is 28.4 Å². The minimum absolute atomic E-state index is 0.159. The average molecular weight is 500 g/mol. The normalized spacial score (nSPS) is 10.3. The van der Waals surface area contributed by atoms with Gasteiger partial charge in [-0.15, -0.1) is 0 Å². The zero-order valence-electron chi connectivity index (χ0n) is 20.9. The van der Waals surface area contributed by atoms with E-state index in [9.17, 15) is 14.4 Å². The van der Waals surface area contributed by atoms with Crippen LogP contribution in [0.3, 0.4) is 0 Å². The lowest BCUT2D eigenvalue weighted by molar-refractivity contribution is -0.130. The summed E-state index contributed by atoms with van der Waals surface area (Å²) in [4.78, 5) is 36.6. The first kappa shape index (κ1) is 27.1. The molecule has 7 nitrogen and oxygen atoms in total. The van der Waals surface area contributed by atoms with E-state index < -0.39 is 11.9 Å². The molecule has 3 aromatic rings. The molecule has 0 saturated heterocycles. The van der Waals surface area contributed by atoms with Crippen molar-refractivity contribution in [3.05, 3.63) is 95.6 Å². The fraction of sp³-hybridized carbons (Fsp3) is 0.200. The highest BCUT2D eigenvalue weighted by molar-refractivity contribution is 6.00. The quantitative estimate of drug-likeness (QED) is 0.108. The second kappa shape index (κ2) is 13.0. The number of benzene rings is 3. The fourth-order valence-corrected chi connectivity index (χ4v) is 3.38. The van der Waals surface area contributed by atoms with Crippen LogP contribution < -0.4 is 9.47 Å². The Kier molecular flexibility index (Phi) is 9.49. The first-order valence-corrected chi connectivity index (χ1v) is 11.9. The number of hydrogen-bond donors (Lipinski definition) is 1. The summed E-state index contributed by atoms with van der Waals surface area (Å²) >= 11 is 0. The summed E-state index contributed by atoms with van der Waals surface area (Å²) in [5, 5.41) is 7.62. The first-order valence-electron chi connectivity index (χ1n) is 11.9. The second-order valence-electron chi connectivity index (χ2n) is 8.40. The molecule has 0 heterocycles. The van der Waals surface area contributed by atoms with Crippen LogP contribution in [0.1, 0.15) is 59.4 Å². The van der Waals surface area contributed by atoms with Gasteiger partial charge in [-0.05, 0) is 66.9 Å². The summed E-state index contributed by atoms with van der Waals surface area (Å²) in [5.74, 6) is -1.05. The van der Waals surface area contributed by atoms with Crippen molar-refractivity contribution in [2.75, 3.05) is 6.61 Å². The zero-order valence-corrected chi connectivity index (χ0v) is 20.9. The van der Waals surface area contributed by atoms with Crippen molar-refractivity contribution in [3.8, 4) is 22.6 Å². The highest BCUT2D eigenvalue weighted by Gasteiger charge is 2.16. The Hall–Kier alpha value is -4.52. The topological polar surface area (TPSA) is 103 Å². The van der Waals surface area contributed by atoms with E-state index in [2.05, 4.69) is 13.5 Å². The van der Waals surface area contributed by atoms with Crippen molar-refractivity contribution < 1.29 is 28.6 Å². The lowest BCUT2D eigenvalue weighted by Crippen LogP contribution is -2.13. The predicted molar refractivity (Wildman–Crippen MR) is 141 cm³/mol. The Morgan fingerprint density at radius 3 is 2.05 bits per heavy atom.